The van der Waals surface area contributed by atoms with Gasteiger partial charge in [0.2, 0.25) is 11.8 Å². The zero-order valence-corrected chi connectivity index (χ0v) is 14.5. The summed E-state index contributed by atoms with van der Waals surface area (Å²) in [4.78, 5) is 26.1. The fraction of sp³-hybridized carbons (Fsp3) is 0.250. The Morgan fingerprint density at radius 1 is 1.23 bits per heavy atom. The van der Waals surface area contributed by atoms with Gasteiger partial charge < -0.3 is 15.5 Å². The normalized spacial score (nSPS) is 14.6. The van der Waals surface area contributed by atoms with E-state index in [1.165, 1.54) is 0 Å². The summed E-state index contributed by atoms with van der Waals surface area (Å²) < 4.78 is 0. The Hall–Kier alpha value is -3.33. The van der Waals surface area contributed by atoms with Crippen LogP contribution in [-0.2, 0) is 9.59 Å². The molecular formula is C20H20N4O2. The average molecular weight is 348 g/mol. The lowest BCUT2D eigenvalue weighted by atomic mass is 10.2. The topological polar surface area (TPSA) is 85.2 Å². The Bertz CT molecular complexity index is 872. The summed E-state index contributed by atoms with van der Waals surface area (Å²) in [6.45, 7) is 2.47. The van der Waals surface area contributed by atoms with Gasteiger partial charge in [0.1, 0.15) is 12.1 Å². The van der Waals surface area contributed by atoms with Crippen molar-refractivity contribution in [3.8, 4) is 6.07 Å². The summed E-state index contributed by atoms with van der Waals surface area (Å²) >= 11 is 0. The monoisotopic (exact) mass is 348 g/mol. The molecule has 1 aliphatic rings. The number of carbonyl (C=O) groups excluding carboxylic acids is 2. The van der Waals surface area contributed by atoms with Crippen LogP contribution in [0.3, 0.4) is 0 Å². The molecule has 2 N–H and O–H groups in total. The van der Waals surface area contributed by atoms with Gasteiger partial charge in [-0.3, -0.25) is 9.59 Å². The van der Waals surface area contributed by atoms with E-state index in [2.05, 4.69) is 16.7 Å². The first-order valence-electron chi connectivity index (χ1n) is 8.55. The van der Waals surface area contributed by atoms with E-state index >= 15 is 0 Å². The molecule has 1 fully saturated rings. The van der Waals surface area contributed by atoms with Crippen LogP contribution in [0.4, 0.5) is 17.1 Å². The number of nitriles is 1. The fourth-order valence-corrected chi connectivity index (χ4v) is 2.93. The van der Waals surface area contributed by atoms with Crippen molar-refractivity contribution in [1.29, 1.82) is 5.26 Å². The van der Waals surface area contributed by atoms with E-state index < -0.39 is 6.04 Å². The van der Waals surface area contributed by atoms with E-state index in [0.717, 1.165) is 24.3 Å². The number of hydrogen-bond donors (Lipinski definition) is 2. The van der Waals surface area contributed by atoms with Crippen molar-refractivity contribution in [3.05, 3.63) is 54.1 Å². The summed E-state index contributed by atoms with van der Waals surface area (Å²) in [5, 5.41) is 15.0. The molecule has 1 unspecified atom stereocenters. The van der Waals surface area contributed by atoms with Crippen LogP contribution in [0.1, 0.15) is 25.3 Å². The quantitative estimate of drug-likeness (QED) is 0.869. The zero-order chi connectivity index (χ0) is 18.5. The molecule has 132 valence electrons. The van der Waals surface area contributed by atoms with Gasteiger partial charge in [-0.05, 0) is 43.7 Å². The molecule has 0 aromatic heterocycles. The number of rotatable bonds is 5. The Morgan fingerprint density at radius 3 is 2.77 bits per heavy atom. The molecule has 3 rings (SSSR count). The van der Waals surface area contributed by atoms with E-state index in [1.54, 1.807) is 36.1 Å². The summed E-state index contributed by atoms with van der Waals surface area (Å²) in [5.41, 5.74) is 2.51. The molecule has 26 heavy (non-hydrogen) atoms. The maximum atomic E-state index is 12.4. The first-order chi connectivity index (χ1) is 12.6. The lowest BCUT2D eigenvalue weighted by Gasteiger charge is -2.19. The van der Waals surface area contributed by atoms with Crippen LogP contribution in [0.15, 0.2) is 48.5 Å². The number of para-hydroxylation sites is 1. The predicted molar refractivity (Wildman–Crippen MR) is 101 cm³/mol. The summed E-state index contributed by atoms with van der Waals surface area (Å²) in [6, 6.07) is 15.9. The van der Waals surface area contributed by atoms with Gasteiger partial charge in [0.25, 0.3) is 0 Å². The number of carbonyl (C=O) groups is 2. The SMILES string of the molecule is CC(Nc1cccc(N2CCCC2=O)c1)C(=O)Nc1ccccc1C#N. The smallest absolute Gasteiger partial charge is 0.246 e. The third-order valence-corrected chi connectivity index (χ3v) is 4.31. The van der Waals surface area contributed by atoms with Crippen molar-refractivity contribution in [2.45, 2.75) is 25.8 Å². The van der Waals surface area contributed by atoms with E-state index in [0.29, 0.717) is 17.7 Å². The molecule has 0 spiro atoms. The third kappa shape index (κ3) is 3.83. The Kier molecular flexibility index (Phi) is 5.18. The van der Waals surface area contributed by atoms with Gasteiger partial charge in [-0.25, -0.2) is 0 Å². The molecule has 2 aromatic carbocycles. The van der Waals surface area contributed by atoms with Gasteiger partial charge in [0.05, 0.1) is 11.3 Å². The molecule has 2 aromatic rings. The Labute approximate surface area is 152 Å². The molecule has 6 nitrogen and oxygen atoms in total. The molecule has 1 aliphatic heterocycles. The molecule has 2 amide bonds. The predicted octanol–water partition coefficient (Wildman–Crippen LogP) is 3.12. The fourth-order valence-electron chi connectivity index (χ4n) is 2.93. The molecule has 0 radical (unpaired) electrons. The zero-order valence-electron chi connectivity index (χ0n) is 14.5. The number of amides is 2. The number of nitrogens with one attached hydrogen (secondary N) is 2. The maximum Gasteiger partial charge on any atom is 0.246 e. The Balaban J connectivity index is 1.68. The van der Waals surface area contributed by atoms with Crippen LogP contribution in [0.5, 0.6) is 0 Å². The van der Waals surface area contributed by atoms with E-state index in [4.69, 9.17) is 5.26 Å². The van der Waals surface area contributed by atoms with Crippen LogP contribution >= 0.6 is 0 Å². The Morgan fingerprint density at radius 2 is 2.04 bits per heavy atom. The van der Waals surface area contributed by atoms with E-state index in [9.17, 15) is 9.59 Å². The van der Waals surface area contributed by atoms with Crippen molar-refractivity contribution in [1.82, 2.24) is 0 Å². The van der Waals surface area contributed by atoms with Crippen LogP contribution in [0, 0.1) is 11.3 Å². The molecule has 1 atom stereocenters. The molecular weight excluding hydrogens is 328 g/mol. The summed E-state index contributed by atoms with van der Waals surface area (Å²) in [6.07, 6.45) is 1.45. The largest absolute Gasteiger partial charge is 0.374 e. The van der Waals surface area contributed by atoms with Crippen LogP contribution in [-0.4, -0.2) is 24.4 Å². The lowest BCUT2D eigenvalue weighted by molar-refractivity contribution is -0.117. The van der Waals surface area contributed by atoms with E-state index in [-0.39, 0.29) is 11.8 Å². The average Bonchev–Trinajstić information content (AvgIpc) is 3.08. The standard InChI is InChI=1S/C20H20N4O2/c1-14(20(26)23-18-9-3-2-6-15(18)13-21)22-16-7-4-8-17(12-16)24-11-5-10-19(24)25/h2-4,6-9,12,14,22H,5,10-11H2,1H3,(H,23,26). The number of hydrogen-bond acceptors (Lipinski definition) is 4. The van der Waals surface area contributed by atoms with Gasteiger partial charge in [0, 0.05) is 24.3 Å². The van der Waals surface area contributed by atoms with Gasteiger partial charge >= 0.3 is 0 Å². The second-order valence-electron chi connectivity index (χ2n) is 6.21. The number of anilines is 3. The van der Waals surface area contributed by atoms with Crippen molar-refractivity contribution in [2.75, 3.05) is 22.1 Å². The third-order valence-electron chi connectivity index (χ3n) is 4.31. The minimum Gasteiger partial charge on any atom is -0.374 e. The molecule has 6 heteroatoms. The van der Waals surface area contributed by atoms with Gasteiger partial charge in [-0.15, -0.1) is 0 Å². The van der Waals surface area contributed by atoms with Gasteiger partial charge in [0.15, 0.2) is 0 Å². The van der Waals surface area contributed by atoms with Crippen LogP contribution < -0.4 is 15.5 Å². The lowest BCUT2D eigenvalue weighted by Crippen LogP contribution is -2.32. The maximum absolute atomic E-state index is 12.4. The second kappa shape index (κ2) is 7.70. The molecule has 0 bridgehead atoms. The first-order valence-corrected chi connectivity index (χ1v) is 8.55. The highest BCUT2D eigenvalue weighted by atomic mass is 16.2. The highest BCUT2D eigenvalue weighted by molar-refractivity contribution is 5.98. The summed E-state index contributed by atoms with van der Waals surface area (Å²) in [5.74, 6) is -0.114. The van der Waals surface area contributed by atoms with Crippen molar-refractivity contribution in [3.63, 3.8) is 0 Å². The van der Waals surface area contributed by atoms with Crippen molar-refractivity contribution < 1.29 is 9.59 Å². The van der Waals surface area contributed by atoms with Crippen LogP contribution in [0.2, 0.25) is 0 Å². The van der Waals surface area contributed by atoms with Crippen molar-refractivity contribution in [2.24, 2.45) is 0 Å². The molecule has 1 heterocycles. The van der Waals surface area contributed by atoms with Crippen LogP contribution in [0.25, 0.3) is 0 Å². The van der Waals surface area contributed by atoms with Crippen molar-refractivity contribution >= 4 is 28.9 Å². The highest BCUT2D eigenvalue weighted by Gasteiger charge is 2.22. The van der Waals surface area contributed by atoms with Gasteiger partial charge in [-0.1, -0.05) is 18.2 Å². The number of benzene rings is 2. The minimum atomic E-state index is -0.508. The highest BCUT2D eigenvalue weighted by Crippen LogP contribution is 2.24. The second-order valence-corrected chi connectivity index (χ2v) is 6.21. The minimum absolute atomic E-state index is 0.126. The summed E-state index contributed by atoms with van der Waals surface area (Å²) in [7, 11) is 0. The van der Waals surface area contributed by atoms with E-state index in [1.807, 2.05) is 24.3 Å². The molecule has 0 aliphatic carbocycles. The molecule has 0 saturated carbocycles. The number of nitrogens with zero attached hydrogens (tertiary/aromatic N) is 2. The van der Waals surface area contributed by atoms with Gasteiger partial charge in [-0.2, -0.15) is 5.26 Å². The molecule has 1 saturated heterocycles. The first kappa shape index (κ1) is 17.5.